The average Bonchev–Trinajstić information content (AvgIpc) is 2.99. The van der Waals surface area contributed by atoms with Gasteiger partial charge < -0.3 is 15.2 Å². The maximum absolute atomic E-state index is 13.4. The summed E-state index contributed by atoms with van der Waals surface area (Å²) in [5.41, 5.74) is 3.91. The zero-order chi connectivity index (χ0) is 18.3. The summed E-state index contributed by atoms with van der Waals surface area (Å²) in [6.07, 6.45) is 2.23. The van der Waals surface area contributed by atoms with Crippen LogP contribution in [-0.2, 0) is 6.42 Å². The van der Waals surface area contributed by atoms with E-state index in [9.17, 15) is 9.59 Å². The number of H-pyrrole nitrogens is 1. The molecule has 2 heterocycles. The first kappa shape index (κ1) is 17.3. The Labute approximate surface area is 157 Å². The Bertz CT molecular complexity index is 874. The van der Waals surface area contributed by atoms with Gasteiger partial charge in [-0.15, -0.1) is 0 Å². The van der Waals surface area contributed by atoms with Crippen molar-refractivity contribution in [3.63, 3.8) is 0 Å². The van der Waals surface area contributed by atoms with E-state index in [0.29, 0.717) is 30.2 Å². The lowest BCUT2D eigenvalue weighted by Gasteiger charge is -2.37. The van der Waals surface area contributed by atoms with Crippen LogP contribution in [0.4, 0.5) is 0 Å². The number of Topliss-reactive ketones (excluding diaryl/α,β-unsaturated/α-hetero) is 1. The molecule has 1 aliphatic heterocycles. The standard InChI is InChI=1S/C20H22ClN3O2/c1-12-18-15(7-4-8-17(18)25)23-19(12)20(26)24-10-9-22-11-16(24)13-5-2-3-6-14(13)21/h2-3,5-6,16,22-23H,4,7-11H2,1H3. The number of fused-ring (bicyclic) bond motifs is 1. The highest BCUT2D eigenvalue weighted by atomic mass is 35.5. The number of benzene rings is 1. The van der Waals surface area contributed by atoms with Gasteiger partial charge in [-0.2, -0.15) is 0 Å². The number of rotatable bonds is 2. The molecule has 0 bridgehead atoms. The molecule has 1 amide bonds. The summed E-state index contributed by atoms with van der Waals surface area (Å²) in [6, 6.07) is 7.53. The van der Waals surface area contributed by atoms with Gasteiger partial charge >= 0.3 is 0 Å². The van der Waals surface area contributed by atoms with Gasteiger partial charge in [0.1, 0.15) is 5.69 Å². The zero-order valence-electron chi connectivity index (χ0n) is 14.8. The number of carbonyl (C=O) groups excluding carboxylic acids is 2. The van der Waals surface area contributed by atoms with Crippen molar-refractivity contribution in [1.29, 1.82) is 0 Å². The minimum atomic E-state index is -0.125. The quantitative estimate of drug-likeness (QED) is 0.851. The van der Waals surface area contributed by atoms with E-state index in [1.165, 1.54) is 0 Å². The second-order valence-corrected chi connectivity index (χ2v) is 7.40. The number of nitrogens with one attached hydrogen (secondary N) is 2. The number of nitrogens with zero attached hydrogens (tertiary/aromatic N) is 1. The Morgan fingerprint density at radius 3 is 2.85 bits per heavy atom. The molecule has 6 heteroatoms. The highest BCUT2D eigenvalue weighted by Gasteiger charge is 2.33. The highest BCUT2D eigenvalue weighted by Crippen LogP contribution is 2.32. The predicted molar refractivity (Wildman–Crippen MR) is 101 cm³/mol. The Kier molecular flexibility index (Phi) is 4.59. The van der Waals surface area contributed by atoms with Crippen molar-refractivity contribution >= 4 is 23.3 Å². The van der Waals surface area contributed by atoms with Crippen molar-refractivity contribution in [1.82, 2.24) is 15.2 Å². The van der Waals surface area contributed by atoms with E-state index in [1.807, 2.05) is 36.1 Å². The molecule has 1 aromatic carbocycles. The Balaban J connectivity index is 1.71. The molecule has 2 aromatic rings. The summed E-state index contributed by atoms with van der Waals surface area (Å²) in [6.45, 7) is 3.88. The fourth-order valence-corrected chi connectivity index (χ4v) is 4.36. The molecule has 1 unspecified atom stereocenters. The molecule has 1 saturated heterocycles. The summed E-state index contributed by atoms with van der Waals surface area (Å²) in [4.78, 5) is 30.7. The summed E-state index contributed by atoms with van der Waals surface area (Å²) >= 11 is 6.39. The molecule has 1 fully saturated rings. The molecule has 1 atom stereocenters. The Morgan fingerprint density at radius 2 is 2.08 bits per heavy atom. The van der Waals surface area contributed by atoms with Crippen molar-refractivity contribution in [2.45, 2.75) is 32.2 Å². The molecule has 0 saturated carbocycles. The number of halogens is 1. The second-order valence-electron chi connectivity index (χ2n) is 7.00. The molecule has 136 valence electrons. The van der Waals surface area contributed by atoms with Gasteiger partial charge in [0.25, 0.3) is 5.91 Å². The first-order valence-corrected chi connectivity index (χ1v) is 9.46. The van der Waals surface area contributed by atoms with Gasteiger partial charge in [0, 0.05) is 42.3 Å². The molecule has 5 nitrogen and oxygen atoms in total. The van der Waals surface area contributed by atoms with Crippen LogP contribution in [0.2, 0.25) is 5.02 Å². The van der Waals surface area contributed by atoms with Crippen molar-refractivity contribution < 1.29 is 9.59 Å². The van der Waals surface area contributed by atoms with Gasteiger partial charge in [-0.25, -0.2) is 0 Å². The summed E-state index contributed by atoms with van der Waals surface area (Å²) < 4.78 is 0. The number of piperazine rings is 1. The third-order valence-corrected chi connectivity index (χ3v) is 5.76. The number of carbonyl (C=O) groups is 2. The van der Waals surface area contributed by atoms with E-state index < -0.39 is 0 Å². The van der Waals surface area contributed by atoms with Gasteiger partial charge in [0.15, 0.2) is 5.78 Å². The van der Waals surface area contributed by atoms with Crippen molar-refractivity contribution in [3.8, 4) is 0 Å². The van der Waals surface area contributed by atoms with E-state index >= 15 is 0 Å². The lowest BCUT2D eigenvalue weighted by Crippen LogP contribution is -2.49. The van der Waals surface area contributed by atoms with Crippen LogP contribution in [0.3, 0.4) is 0 Å². The number of hydrogen-bond acceptors (Lipinski definition) is 3. The first-order valence-electron chi connectivity index (χ1n) is 9.08. The topological polar surface area (TPSA) is 65.2 Å². The Hall–Kier alpha value is -2.11. The molecule has 1 aliphatic carbocycles. The van der Waals surface area contributed by atoms with E-state index in [-0.39, 0.29) is 17.7 Å². The summed E-state index contributed by atoms with van der Waals surface area (Å²) in [7, 11) is 0. The van der Waals surface area contributed by atoms with Crippen molar-refractivity contribution in [3.05, 3.63) is 57.4 Å². The monoisotopic (exact) mass is 371 g/mol. The minimum Gasteiger partial charge on any atom is -0.354 e. The fourth-order valence-electron chi connectivity index (χ4n) is 4.10. The van der Waals surface area contributed by atoms with Gasteiger partial charge in [0.2, 0.25) is 0 Å². The number of hydrogen-bond donors (Lipinski definition) is 2. The van der Waals surface area contributed by atoms with E-state index in [0.717, 1.165) is 41.8 Å². The second kappa shape index (κ2) is 6.89. The maximum atomic E-state index is 13.4. The number of aromatic nitrogens is 1. The fraction of sp³-hybridized carbons (Fsp3) is 0.400. The van der Waals surface area contributed by atoms with Crippen LogP contribution in [0.5, 0.6) is 0 Å². The molecule has 4 rings (SSSR count). The van der Waals surface area contributed by atoms with Crippen LogP contribution in [-0.4, -0.2) is 41.2 Å². The third kappa shape index (κ3) is 2.85. The molecule has 1 aromatic heterocycles. The zero-order valence-corrected chi connectivity index (χ0v) is 15.5. The number of aryl methyl sites for hydroxylation is 1. The first-order chi connectivity index (χ1) is 12.6. The number of aromatic amines is 1. The predicted octanol–water partition coefficient (Wildman–Crippen LogP) is 3.28. The molecule has 2 aliphatic rings. The van der Waals surface area contributed by atoms with Crippen molar-refractivity contribution in [2.24, 2.45) is 0 Å². The van der Waals surface area contributed by atoms with E-state index in [4.69, 9.17) is 11.6 Å². The lowest BCUT2D eigenvalue weighted by atomic mass is 9.93. The lowest BCUT2D eigenvalue weighted by molar-refractivity contribution is 0.0628. The third-order valence-electron chi connectivity index (χ3n) is 5.42. The van der Waals surface area contributed by atoms with Crippen LogP contribution < -0.4 is 5.32 Å². The Morgan fingerprint density at radius 1 is 1.27 bits per heavy atom. The average molecular weight is 372 g/mol. The van der Waals surface area contributed by atoms with Crippen LogP contribution in [0.25, 0.3) is 0 Å². The summed E-state index contributed by atoms with van der Waals surface area (Å²) in [5, 5.41) is 4.01. The summed E-state index contributed by atoms with van der Waals surface area (Å²) in [5.74, 6) is 0.0816. The largest absolute Gasteiger partial charge is 0.354 e. The van der Waals surface area contributed by atoms with Gasteiger partial charge in [-0.1, -0.05) is 29.8 Å². The smallest absolute Gasteiger partial charge is 0.271 e. The molecule has 0 spiro atoms. The normalized spacial score (nSPS) is 20.2. The van der Waals surface area contributed by atoms with E-state index in [2.05, 4.69) is 10.3 Å². The van der Waals surface area contributed by atoms with Crippen LogP contribution >= 0.6 is 11.6 Å². The molecular formula is C20H22ClN3O2. The van der Waals surface area contributed by atoms with Crippen LogP contribution in [0.15, 0.2) is 24.3 Å². The van der Waals surface area contributed by atoms with Gasteiger partial charge in [-0.3, -0.25) is 9.59 Å². The highest BCUT2D eigenvalue weighted by molar-refractivity contribution is 6.31. The number of ketones is 1. The van der Waals surface area contributed by atoms with Crippen molar-refractivity contribution in [2.75, 3.05) is 19.6 Å². The van der Waals surface area contributed by atoms with Gasteiger partial charge in [-0.05, 0) is 37.0 Å². The molecule has 26 heavy (non-hydrogen) atoms. The van der Waals surface area contributed by atoms with Gasteiger partial charge in [0.05, 0.1) is 6.04 Å². The SMILES string of the molecule is Cc1c(C(=O)N2CCNCC2c2ccccc2Cl)[nH]c2c1C(=O)CCC2. The molecule has 2 N–H and O–H groups in total. The van der Waals surface area contributed by atoms with E-state index in [1.54, 1.807) is 0 Å². The maximum Gasteiger partial charge on any atom is 0.271 e. The molecule has 0 radical (unpaired) electrons. The minimum absolute atomic E-state index is 0.0591. The number of amides is 1. The van der Waals surface area contributed by atoms with Crippen LogP contribution in [0.1, 0.15) is 56.6 Å². The molecular weight excluding hydrogens is 350 g/mol. The van der Waals surface area contributed by atoms with Crippen LogP contribution in [0, 0.1) is 6.92 Å².